The van der Waals surface area contributed by atoms with Gasteiger partial charge in [0.1, 0.15) is 23.1 Å². The monoisotopic (exact) mass is 433 g/mol. The number of phenolic OH excluding ortho intramolecular Hbond substituents is 1. The molecule has 0 saturated carbocycles. The molecule has 0 radical (unpaired) electrons. The van der Waals surface area contributed by atoms with E-state index in [1.165, 1.54) is 32.4 Å². The van der Waals surface area contributed by atoms with Crippen LogP contribution in [-0.4, -0.2) is 35.4 Å². The molecule has 0 fully saturated rings. The maximum atomic E-state index is 13.5. The number of aromatic amines is 1. The molecule has 1 aromatic heterocycles. The lowest BCUT2D eigenvalue weighted by atomic mass is 10.1. The molecule has 0 atom stereocenters. The number of hydrogen-bond donors (Lipinski definition) is 3. The van der Waals surface area contributed by atoms with Gasteiger partial charge in [-0.25, -0.2) is 4.39 Å². The molecule has 0 aliphatic heterocycles. The SMILES string of the molecule is COc1cc(OC)cc(C(=O)Nc2ccc(-c3cc(-c4cc(F)ccc4O)n[nH]3)cc2)c1. The molecule has 0 aliphatic rings. The first-order valence-corrected chi connectivity index (χ1v) is 9.66. The van der Waals surface area contributed by atoms with Gasteiger partial charge in [-0.15, -0.1) is 0 Å². The van der Waals surface area contributed by atoms with E-state index in [2.05, 4.69) is 15.5 Å². The zero-order valence-electron chi connectivity index (χ0n) is 17.3. The van der Waals surface area contributed by atoms with Crippen molar-refractivity contribution >= 4 is 11.6 Å². The van der Waals surface area contributed by atoms with Gasteiger partial charge in [0.05, 0.1) is 25.6 Å². The van der Waals surface area contributed by atoms with E-state index in [0.29, 0.717) is 39.7 Å². The summed E-state index contributed by atoms with van der Waals surface area (Å²) in [5, 5.41) is 19.8. The fourth-order valence-electron chi connectivity index (χ4n) is 3.20. The summed E-state index contributed by atoms with van der Waals surface area (Å²) in [5.74, 6) is 0.210. The molecule has 4 aromatic rings. The van der Waals surface area contributed by atoms with Gasteiger partial charge in [-0.3, -0.25) is 9.89 Å². The summed E-state index contributed by atoms with van der Waals surface area (Å²) in [7, 11) is 3.04. The number of phenols is 1. The summed E-state index contributed by atoms with van der Waals surface area (Å²) in [6.45, 7) is 0. The van der Waals surface area contributed by atoms with E-state index in [1.807, 2.05) is 12.1 Å². The minimum absolute atomic E-state index is 0.0586. The maximum Gasteiger partial charge on any atom is 0.255 e. The van der Waals surface area contributed by atoms with Crippen molar-refractivity contribution in [2.75, 3.05) is 19.5 Å². The van der Waals surface area contributed by atoms with E-state index >= 15 is 0 Å². The molecule has 0 unspecified atom stereocenters. The van der Waals surface area contributed by atoms with Gasteiger partial charge in [0.2, 0.25) is 0 Å². The molecular weight excluding hydrogens is 413 g/mol. The minimum atomic E-state index is -0.462. The van der Waals surface area contributed by atoms with E-state index in [-0.39, 0.29) is 11.7 Å². The summed E-state index contributed by atoms with van der Waals surface area (Å²) in [6.07, 6.45) is 0. The third kappa shape index (κ3) is 4.39. The van der Waals surface area contributed by atoms with E-state index < -0.39 is 5.82 Å². The Morgan fingerprint density at radius 2 is 1.66 bits per heavy atom. The Morgan fingerprint density at radius 3 is 2.31 bits per heavy atom. The highest BCUT2D eigenvalue weighted by atomic mass is 19.1. The first-order valence-electron chi connectivity index (χ1n) is 9.66. The average Bonchev–Trinajstić information content (AvgIpc) is 3.30. The number of nitrogens with one attached hydrogen (secondary N) is 2. The Labute approximate surface area is 183 Å². The number of benzene rings is 3. The van der Waals surface area contributed by atoms with Crippen molar-refractivity contribution in [3.05, 3.63) is 78.1 Å². The van der Waals surface area contributed by atoms with Crippen molar-refractivity contribution in [1.82, 2.24) is 10.2 Å². The fraction of sp³-hybridized carbons (Fsp3) is 0.0833. The predicted octanol–water partition coefficient (Wildman–Crippen LogP) is 4.86. The van der Waals surface area contributed by atoms with Crippen LogP contribution in [0.15, 0.2) is 66.7 Å². The largest absolute Gasteiger partial charge is 0.507 e. The Bertz CT molecular complexity index is 1250. The molecule has 0 saturated heterocycles. The van der Waals surface area contributed by atoms with Crippen molar-refractivity contribution in [3.8, 4) is 39.8 Å². The molecule has 3 aromatic carbocycles. The smallest absolute Gasteiger partial charge is 0.255 e. The molecule has 162 valence electrons. The van der Waals surface area contributed by atoms with Gasteiger partial charge in [0.25, 0.3) is 5.91 Å². The van der Waals surface area contributed by atoms with Crippen LogP contribution in [0.25, 0.3) is 22.5 Å². The van der Waals surface area contributed by atoms with Crippen LogP contribution in [0.4, 0.5) is 10.1 Å². The molecule has 0 spiro atoms. The third-order valence-corrected chi connectivity index (χ3v) is 4.88. The second-order valence-corrected chi connectivity index (χ2v) is 6.96. The summed E-state index contributed by atoms with van der Waals surface area (Å²) in [6, 6.07) is 17.5. The number of ether oxygens (including phenoxy) is 2. The number of halogens is 1. The van der Waals surface area contributed by atoms with Gasteiger partial charge in [0.15, 0.2) is 0 Å². The van der Waals surface area contributed by atoms with E-state index in [0.717, 1.165) is 5.56 Å². The highest BCUT2D eigenvalue weighted by Crippen LogP contribution is 2.31. The molecule has 0 bridgehead atoms. The van der Waals surface area contributed by atoms with Crippen LogP contribution in [-0.2, 0) is 0 Å². The summed E-state index contributed by atoms with van der Waals surface area (Å²) in [4.78, 5) is 12.6. The lowest BCUT2D eigenvalue weighted by Crippen LogP contribution is -2.12. The van der Waals surface area contributed by atoms with Gasteiger partial charge in [-0.1, -0.05) is 12.1 Å². The molecule has 1 heterocycles. The molecule has 32 heavy (non-hydrogen) atoms. The average molecular weight is 433 g/mol. The zero-order valence-corrected chi connectivity index (χ0v) is 17.3. The van der Waals surface area contributed by atoms with Crippen molar-refractivity contribution in [1.29, 1.82) is 0 Å². The van der Waals surface area contributed by atoms with Crippen LogP contribution < -0.4 is 14.8 Å². The van der Waals surface area contributed by atoms with E-state index in [9.17, 15) is 14.3 Å². The predicted molar refractivity (Wildman–Crippen MR) is 119 cm³/mol. The third-order valence-electron chi connectivity index (χ3n) is 4.88. The van der Waals surface area contributed by atoms with Crippen molar-refractivity contribution in [2.45, 2.75) is 0 Å². The molecule has 4 rings (SSSR count). The number of rotatable bonds is 6. The van der Waals surface area contributed by atoms with Crippen molar-refractivity contribution in [2.24, 2.45) is 0 Å². The van der Waals surface area contributed by atoms with Gasteiger partial charge >= 0.3 is 0 Å². The topological polar surface area (TPSA) is 96.5 Å². The molecule has 3 N–H and O–H groups in total. The maximum absolute atomic E-state index is 13.5. The summed E-state index contributed by atoms with van der Waals surface area (Å²) in [5.41, 5.74) is 3.20. The van der Waals surface area contributed by atoms with Gasteiger partial charge in [0, 0.05) is 22.9 Å². The standard InChI is InChI=1S/C24H20FN3O4/c1-31-18-9-15(10-19(12-18)32-2)24(30)26-17-6-3-14(4-7-17)21-13-22(28-27-21)20-11-16(25)5-8-23(20)29/h3-13,29H,1-2H3,(H,26,30)(H,27,28). The Hall–Kier alpha value is -4.33. The number of amides is 1. The normalized spacial score (nSPS) is 10.6. The highest BCUT2D eigenvalue weighted by Gasteiger charge is 2.13. The zero-order chi connectivity index (χ0) is 22.7. The summed E-state index contributed by atoms with van der Waals surface area (Å²) < 4.78 is 23.9. The van der Waals surface area contributed by atoms with Crippen LogP contribution in [0.1, 0.15) is 10.4 Å². The Morgan fingerprint density at radius 1 is 0.969 bits per heavy atom. The molecule has 7 nitrogen and oxygen atoms in total. The number of methoxy groups -OCH3 is 2. The van der Waals surface area contributed by atoms with Crippen LogP contribution in [0, 0.1) is 5.82 Å². The molecule has 8 heteroatoms. The van der Waals surface area contributed by atoms with Crippen molar-refractivity contribution in [3.63, 3.8) is 0 Å². The lowest BCUT2D eigenvalue weighted by molar-refractivity contribution is 0.102. The Balaban J connectivity index is 1.51. The number of carbonyl (C=O) groups is 1. The Kier molecular flexibility index (Phi) is 5.76. The summed E-state index contributed by atoms with van der Waals surface area (Å²) >= 11 is 0. The van der Waals surface area contributed by atoms with Gasteiger partial charge in [-0.2, -0.15) is 5.10 Å². The lowest BCUT2D eigenvalue weighted by Gasteiger charge is -2.09. The first kappa shape index (κ1) is 20.9. The van der Waals surface area contributed by atoms with Crippen molar-refractivity contribution < 1.29 is 23.8 Å². The first-order chi connectivity index (χ1) is 15.5. The van der Waals surface area contributed by atoms with Crippen LogP contribution in [0.2, 0.25) is 0 Å². The quantitative estimate of drug-likeness (QED) is 0.404. The number of H-pyrrole nitrogens is 1. The number of aromatic hydroxyl groups is 1. The van der Waals surface area contributed by atoms with Gasteiger partial charge in [-0.05, 0) is 54.1 Å². The number of aromatic nitrogens is 2. The van der Waals surface area contributed by atoms with E-state index in [4.69, 9.17) is 9.47 Å². The minimum Gasteiger partial charge on any atom is -0.507 e. The second-order valence-electron chi connectivity index (χ2n) is 6.96. The number of nitrogens with zero attached hydrogens (tertiary/aromatic N) is 1. The van der Waals surface area contributed by atoms with Crippen LogP contribution in [0.5, 0.6) is 17.2 Å². The molecular formula is C24H20FN3O4. The van der Waals surface area contributed by atoms with Crippen LogP contribution >= 0.6 is 0 Å². The number of carbonyl (C=O) groups excluding carboxylic acids is 1. The number of hydrogen-bond acceptors (Lipinski definition) is 5. The molecule has 1 amide bonds. The molecule has 0 aliphatic carbocycles. The highest BCUT2D eigenvalue weighted by molar-refractivity contribution is 6.04. The van der Waals surface area contributed by atoms with Crippen LogP contribution in [0.3, 0.4) is 0 Å². The fourth-order valence-corrected chi connectivity index (χ4v) is 3.20. The number of anilines is 1. The van der Waals surface area contributed by atoms with Gasteiger partial charge < -0.3 is 19.9 Å². The second kappa shape index (κ2) is 8.81. The van der Waals surface area contributed by atoms with E-state index in [1.54, 1.807) is 36.4 Å².